The Morgan fingerprint density at radius 3 is 2.48 bits per heavy atom. The highest BCUT2D eigenvalue weighted by Crippen LogP contribution is 2.50. The van der Waals surface area contributed by atoms with Crippen molar-refractivity contribution in [3.05, 3.63) is 47.2 Å². The van der Waals surface area contributed by atoms with Gasteiger partial charge in [0, 0.05) is 19.0 Å². The molecule has 5 heteroatoms. The van der Waals surface area contributed by atoms with Crippen molar-refractivity contribution < 1.29 is 4.42 Å². The van der Waals surface area contributed by atoms with E-state index in [1.807, 2.05) is 6.92 Å². The van der Waals surface area contributed by atoms with Crippen molar-refractivity contribution >= 4 is 12.4 Å². The zero-order valence-corrected chi connectivity index (χ0v) is 14.7. The second-order valence-corrected chi connectivity index (χ2v) is 6.90. The molecule has 0 amide bonds. The van der Waals surface area contributed by atoms with Gasteiger partial charge < -0.3 is 4.42 Å². The normalized spacial score (nSPS) is 30.2. The molecule has 0 saturated carbocycles. The van der Waals surface area contributed by atoms with Crippen LogP contribution in [0.4, 0.5) is 0 Å². The van der Waals surface area contributed by atoms with Crippen LogP contribution in [0, 0.1) is 13.8 Å². The first-order chi connectivity index (χ1) is 10.6. The number of likely N-dealkylation sites (N-methyl/N-ethyl adjacent to an activating group) is 1. The quantitative estimate of drug-likeness (QED) is 0.837. The molecule has 3 heterocycles. The zero-order valence-electron chi connectivity index (χ0n) is 13.9. The highest BCUT2D eigenvalue weighted by Gasteiger charge is 2.48. The van der Waals surface area contributed by atoms with Gasteiger partial charge in [-0.15, -0.1) is 22.6 Å². The molecular formula is C18H24ClN3O. The van der Waals surface area contributed by atoms with Crippen LogP contribution in [0.15, 0.2) is 28.7 Å². The number of benzene rings is 1. The Kier molecular flexibility index (Phi) is 4.47. The largest absolute Gasteiger partial charge is 0.425 e. The Bertz CT molecular complexity index is 669. The van der Waals surface area contributed by atoms with Gasteiger partial charge in [0.15, 0.2) is 0 Å². The van der Waals surface area contributed by atoms with E-state index in [9.17, 15) is 0 Å². The number of rotatable bonds is 2. The fraction of sp³-hybridized carbons (Fsp3) is 0.556. The van der Waals surface area contributed by atoms with Gasteiger partial charge in [0.25, 0.3) is 0 Å². The number of halogens is 1. The van der Waals surface area contributed by atoms with Gasteiger partial charge in [0.2, 0.25) is 11.8 Å². The number of aryl methyl sites for hydroxylation is 2. The molecule has 124 valence electrons. The molecule has 4 rings (SSSR count). The summed E-state index contributed by atoms with van der Waals surface area (Å²) in [6.07, 6.45) is 3.70. The highest BCUT2D eigenvalue weighted by molar-refractivity contribution is 5.85. The summed E-state index contributed by atoms with van der Waals surface area (Å²) >= 11 is 0. The topological polar surface area (TPSA) is 42.2 Å². The standard InChI is InChI=1S/C18H23N3O.ClH/c1-11-4-6-13(7-5-11)15-10-14-8-9-16(21(14)3)17(15)18-20-19-12(2)22-18;/h4-7,14-17H,8-10H2,1-3H3;1H. The molecule has 4 unspecified atom stereocenters. The first kappa shape index (κ1) is 16.5. The van der Waals surface area contributed by atoms with Gasteiger partial charge >= 0.3 is 0 Å². The molecule has 2 aliphatic rings. The van der Waals surface area contributed by atoms with Crippen LogP contribution in [0.1, 0.15) is 54.0 Å². The lowest BCUT2D eigenvalue weighted by molar-refractivity contribution is 0.123. The van der Waals surface area contributed by atoms with Crippen LogP contribution in [0.5, 0.6) is 0 Å². The van der Waals surface area contributed by atoms with E-state index in [0.29, 0.717) is 29.8 Å². The number of aromatic nitrogens is 2. The third-order valence-electron chi connectivity index (χ3n) is 5.60. The summed E-state index contributed by atoms with van der Waals surface area (Å²) in [6.45, 7) is 4.02. The number of piperidine rings is 1. The van der Waals surface area contributed by atoms with Crippen molar-refractivity contribution in [2.45, 2.75) is 57.0 Å². The molecule has 4 atom stereocenters. The summed E-state index contributed by atoms with van der Waals surface area (Å²) in [6, 6.07) is 10.2. The van der Waals surface area contributed by atoms with Crippen LogP contribution in [-0.4, -0.2) is 34.2 Å². The van der Waals surface area contributed by atoms with E-state index in [1.165, 1.54) is 30.4 Å². The van der Waals surface area contributed by atoms with Crippen LogP contribution in [0.2, 0.25) is 0 Å². The number of fused-ring (bicyclic) bond motifs is 2. The number of nitrogens with zero attached hydrogens (tertiary/aromatic N) is 3. The van der Waals surface area contributed by atoms with E-state index in [0.717, 1.165) is 5.89 Å². The minimum absolute atomic E-state index is 0. The van der Waals surface area contributed by atoms with E-state index in [1.54, 1.807) is 0 Å². The summed E-state index contributed by atoms with van der Waals surface area (Å²) in [5.41, 5.74) is 2.72. The molecule has 1 aromatic heterocycles. The van der Waals surface area contributed by atoms with Crippen molar-refractivity contribution in [1.82, 2.24) is 15.1 Å². The molecule has 1 aromatic carbocycles. The molecule has 23 heavy (non-hydrogen) atoms. The van der Waals surface area contributed by atoms with Gasteiger partial charge in [-0.1, -0.05) is 29.8 Å². The number of hydrogen-bond acceptors (Lipinski definition) is 4. The van der Waals surface area contributed by atoms with Crippen LogP contribution in [0.25, 0.3) is 0 Å². The molecule has 0 aliphatic carbocycles. The smallest absolute Gasteiger partial charge is 0.221 e. The third-order valence-corrected chi connectivity index (χ3v) is 5.60. The van der Waals surface area contributed by atoms with Crippen molar-refractivity contribution in [3.63, 3.8) is 0 Å². The Morgan fingerprint density at radius 2 is 1.83 bits per heavy atom. The zero-order chi connectivity index (χ0) is 15.3. The Balaban J connectivity index is 0.00000156. The van der Waals surface area contributed by atoms with Gasteiger partial charge in [-0.25, -0.2) is 0 Å². The molecule has 2 aliphatic heterocycles. The third kappa shape index (κ3) is 2.79. The lowest BCUT2D eigenvalue weighted by Crippen LogP contribution is -2.44. The lowest BCUT2D eigenvalue weighted by Gasteiger charge is -2.41. The summed E-state index contributed by atoms with van der Waals surface area (Å²) in [7, 11) is 2.25. The SMILES string of the molecule is Cc1ccc(C2CC3CCC(C2c2nnc(C)o2)N3C)cc1.Cl. The minimum Gasteiger partial charge on any atom is -0.425 e. The van der Waals surface area contributed by atoms with E-state index in [2.05, 4.69) is 53.3 Å². The summed E-state index contributed by atoms with van der Waals surface area (Å²) < 4.78 is 5.85. The average molecular weight is 334 g/mol. The maximum Gasteiger partial charge on any atom is 0.221 e. The van der Waals surface area contributed by atoms with Crippen LogP contribution in [0.3, 0.4) is 0 Å². The molecule has 4 nitrogen and oxygen atoms in total. The maximum atomic E-state index is 5.85. The van der Waals surface area contributed by atoms with Gasteiger partial charge in [-0.05, 0) is 44.7 Å². The maximum absolute atomic E-state index is 5.85. The molecule has 0 radical (unpaired) electrons. The van der Waals surface area contributed by atoms with Crippen LogP contribution >= 0.6 is 12.4 Å². The lowest BCUT2D eigenvalue weighted by atomic mass is 9.76. The Hall–Kier alpha value is -1.39. The van der Waals surface area contributed by atoms with Crippen molar-refractivity contribution in [1.29, 1.82) is 0 Å². The van der Waals surface area contributed by atoms with Gasteiger partial charge in [0.1, 0.15) is 0 Å². The number of hydrogen-bond donors (Lipinski definition) is 0. The van der Waals surface area contributed by atoms with Crippen LogP contribution in [-0.2, 0) is 0 Å². The van der Waals surface area contributed by atoms with Gasteiger partial charge in [0.05, 0.1) is 5.92 Å². The molecule has 2 fully saturated rings. The monoisotopic (exact) mass is 333 g/mol. The second-order valence-electron chi connectivity index (χ2n) is 6.90. The molecule has 0 N–H and O–H groups in total. The Morgan fingerprint density at radius 1 is 1.09 bits per heavy atom. The predicted octanol–water partition coefficient (Wildman–Crippen LogP) is 3.84. The van der Waals surface area contributed by atoms with E-state index in [-0.39, 0.29) is 12.4 Å². The average Bonchev–Trinajstić information content (AvgIpc) is 3.02. The molecular weight excluding hydrogens is 310 g/mol. The van der Waals surface area contributed by atoms with Crippen molar-refractivity contribution in [2.75, 3.05) is 7.05 Å². The summed E-state index contributed by atoms with van der Waals surface area (Å²) in [4.78, 5) is 2.54. The summed E-state index contributed by atoms with van der Waals surface area (Å²) in [5.74, 6) is 2.28. The predicted molar refractivity (Wildman–Crippen MR) is 92.1 cm³/mol. The Labute approximate surface area is 143 Å². The van der Waals surface area contributed by atoms with Crippen molar-refractivity contribution in [3.8, 4) is 0 Å². The molecule has 2 bridgehead atoms. The minimum atomic E-state index is 0. The van der Waals surface area contributed by atoms with E-state index in [4.69, 9.17) is 4.42 Å². The van der Waals surface area contributed by atoms with Crippen molar-refractivity contribution in [2.24, 2.45) is 0 Å². The first-order valence-corrected chi connectivity index (χ1v) is 8.22. The second kappa shape index (κ2) is 6.25. The fourth-order valence-corrected chi connectivity index (χ4v) is 4.41. The van der Waals surface area contributed by atoms with Crippen LogP contribution < -0.4 is 0 Å². The fourth-order valence-electron chi connectivity index (χ4n) is 4.41. The molecule has 0 spiro atoms. The van der Waals surface area contributed by atoms with Gasteiger partial charge in [-0.3, -0.25) is 4.90 Å². The molecule has 2 saturated heterocycles. The highest BCUT2D eigenvalue weighted by atomic mass is 35.5. The first-order valence-electron chi connectivity index (χ1n) is 8.22. The summed E-state index contributed by atoms with van der Waals surface area (Å²) in [5, 5.41) is 8.45. The molecule has 2 aromatic rings. The van der Waals surface area contributed by atoms with E-state index >= 15 is 0 Å². The van der Waals surface area contributed by atoms with E-state index < -0.39 is 0 Å². The van der Waals surface area contributed by atoms with Gasteiger partial charge in [-0.2, -0.15) is 0 Å².